The molecule has 0 spiro atoms. The Morgan fingerprint density at radius 3 is 2.21 bits per heavy atom. The van der Waals surface area contributed by atoms with Gasteiger partial charge in [0.25, 0.3) is 0 Å². The van der Waals surface area contributed by atoms with Crippen molar-refractivity contribution in [2.75, 3.05) is 18.0 Å². The monoisotopic (exact) mass is 441 g/mol. The lowest BCUT2D eigenvalue weighted by Gasteiger charge is -2.22. The molecular weight excluding hydrogens is 406 g/mol. The fraction of sp³-hybridized carbons (Fsp3) is 0.267. The average Bonchev–Trinajstić information content (AvgIpc) is 2.85. The van der Waals surface area contributed by atoms with Crippen molar-refractivity contribution in [3.8, 4) is 11.5 Å². The number of benzene rings is 3. The minimum absolute atomic E-state index is 0.300. The minimum atomic E-state index is 0.300. The van der Waals surface area contributed by atoms with Crippen molar-refractivity contribution in [1.82, 2.24) is 0 Å². The molecule has 0 aromatic heterocycles. The maximum absolute atomic E-state index is 9.35. The summed E-state index contributed by atoms with van der Waals surface area (Å²) in [5.74, 6) is 1.22. The van der Waals surface area contributed by atoms with Crippen LogP contribution in [0.1, 0.15) is 49.8 Å². The number of hydrogen-bond donors (Lipinski definition) is 1. The maximum atomic E-state index is 9.35. The lowest BCUT2D eigenvalue weighted by molar-refractivity contribution is 0.305. The summed E-state index contributed by atoms with van der Waals surface area (Å²) in [7, 11) is 0. The van der Waals surface area contributed by atoms with E-state index in [1.54, 1.807) is 12.1 Å². The van der Waals surface area contributed by atoms with Gasteiger partial charge in [-0.2, -0.15) is 0 Å². The number of hydrogen-bond acceptors (Lipinski definition) is 3. The van der Waals surface area contributed by atoms with Crippen LogP contribution >= 0.6 is 0 Å². The highest BCUT2D eigenvalue weighted by molar-refractivity contribution is 5.63. The molecule has 0 aliphatic heterocycles. The van der Waals surface area contributed by atoms with Crippen molar-refractivity contribution in [1.29, 1.82) is 0 Å². The Labute approximate surface area is 198 Å². The Hall–Kier alpha value is -3.46. The molecule has 1 N–H and O–H groups in total. The van der Waals surface area contributed by atoms with E-state index in [1.165, 1.54) is 11.3 Å². The van der Waals surface area contributed by atoms with Gasteiger partial charge >= 0.3 is 0 Å². The molecule has 0 saturated heterocycles. The Bertz CT molecular complexity index is 1020. The Morgan fingerprint density at radius 2 is 1.52 bits per heavy atom. The molecule has 0 fully saturated rings. The molecule has 3 nitrogen and oxygen atoms in total. The van der Waals surface area contributed by atoms with E-state index in [4.69, 9.17) is 4.74 Å². The number of rotatable bonds is 12. The maximum Gasteiger partial charge on any atom is 0.129 e. The fourth-order valence-electron chi connectivity index (χ4n) is 3.68. The lowest BCUT2D eigenvalue weighted by Crippen LogP contribution is -2.21. The van der Waals surface area contributed by atoms with Gasteiger partial charge in [0.2, 0.25) is 0 Å². The van der Waals surface area contributed by atoms with Gasteiger partial charge in [-0.1, -0.05) is 66.8 Å². The topological polar surface area (TPSA) is 32.7 Å². The molecule has 0 heterocycles. The van der Waals surface area contributed by atoms with Crippen molar-refractivity contribution in [3.05, 3.63) is 102 Å². The third-order valence-corrected chi connectivity index (χ3v) is 5.61. The molecule has 33 heavy (non-hydrogen) atoms. The first-order valence-corrected chi connectivity index (χ1v) is 11.9. The van der Waals surface area contributed by atoms with Crippen molar-refractivity contribution >= 4 is 17.8 Å². The molecule has 3 aromatic rings. The molecule has 0 radical (unpaired) electrons. The van der Waals surface area contributed by atoms with E-state index >= 15 is 0 Å². The van der Waals surface area contributed by atoms with Crippen molar-refractivity contribution < 1.29 is 9.84 Å². The number of ether oxygens (including phenoxy) is 1. The van der Waals surface area contributed by atoms with Crippen LogP contribution in [0, 0.1) is 0 Å². The van der Waals surface area contributed by atoms with E-state index in [0.29, 0.717) is 12.4 Å². The molecule has 0 unspecified atom stereocenters. The quantitative estimate of drug-likeness (QED) is 0.292. The van der Waals surface area contributed by atoms with Gasteiger partial charge in [0.15, 0.2) is 0 Å². The molecule has 0 bridgehead atoms. The van der Waals surface area contributed by atoms with E-state index in [2.05, 4.69) is 73.4 Å². The van der Waals surface area contributed by atoms with E-state index in [9.17, 15) is 5.11 Å². The fourth-order valence-corrected chi connectivity index (χ4v) is 3.68. The number of allylic oxidation sites excluding steroid dienone is 2. The van der Waals surface area contributed by atoms with Crippen LogP contribution in [0.15, 0.2) is 84.9 Å². The summed E-state index contributed by atoms with van der Waals surface area (Å²) in [5.41, 5.74) is 4.58. The summed E-state index contributed by atoms with van der Waals surface area (Å²) < 4.78 is 6.25. The lowest BCUT2D eigenvalue weighted by atomic mass is 10.1. The van der Waals surface area contributed by atoms with Gasteiger partial charge in [0.05, 0.1) is 0 Å². The summed E-state index contributed by atoms with van der Waals surface area (Å²) >= 11 is 0. The predicted octanol–water partition coefficient (Wildman–Crippen LogP) is 7.71. The summed E-state index contributed by atoms with van der Waals surface area (Å²) in [6.07, 6.45) is 11.8. The first-order valence-electron chi connectivity index (χ1n) is 11.9. The molecule has 3 heteroatoms. The highest BCUT2D eigenvalue weighted by atomic mass is 16.5. The molecular formula is C30H35NO2. The minimum Gasteiger partial charge on any atom is -0.508 e. The van der Waals surface area contributed by atoms with Crippen LogP contribution in [0.2, 0.25) is 0 Å². The second-order valence-corrected chi connectivity index (χ2v) is 8.00. The summed E-state index contributed by atoms with van der Waals surface area (Å²) in [6.45, 7) is 6.87. The molecule has 172 valence electrons. The van der Waals surface area contributed by atoms with E-state index < -0.39 is 0 Å². The molecule has 0 aliphatic rings. The number of phenols is 1. The largest absolute Gasteiger partial charge is 0.508 e. The van der Waals surface area contributed by atoms with Crippen LogP contribution in [0.25, 0.3) is 12.2 Å². The van der Waals surface area contributed by atoms with Gasteiger partial charge in [0.1, 0.15) is 18.1 Å². The van der Waals surface area contributed by atoms with Gasteiger partial charge in [-0.05, 0) is 68.5 Å². The molecule has 0 saturated carbocycles. The zero-order valence-corrected chi connectivity index (χ0v) is 19.8. The third-order valence-electron chi connectivity index (χ3n) is 5.61. The Kier molecular flexibility index (Phi) is 9.65. The van der Waals surface area contributed by atoms with Crippen molar-refractivity contribution in [2.24, 2.45) is 0 Å². The van der Waals surface area contributed by atoms with E-state index in [1.807, 2.05) is 30.3 Å². The van der Waals surface area contributed by atoms with E-state index in [-0.39, 0.29) is 0 Å². The van der Waals surface area contributed by atoms with Crippen LogP contribution in [0.5, 0.6) is 11.5 Å². The van der Waals surface area contributed by atoms with Gasteiger partial charge in [-0.3, -0.25) is 0 Å². The van der Waals surface area contributed by atoms with Gasteiger partial charge in [-0.25, -0.2) is 0 Å². The van der Waals surface area contributed by atoms with Crippen molar-refractivity contribution in [2.45, 2.75) is 39.7 Å². The highest BCUT2D eigenvalue weighted by Gasteiger charge is 2.08. The Balaban J connectivity index is 1.59. The van der Waals surface area contributed by atoms with Gasteiger partial charge < -0.3 is 14.7 Å². The summed E-state index contributed by atoms with van der Waals surface area (Å²) in [6, 6.07) is 24.1. The second kappa shape index (κ2) is 13.2. The Morgan fingerprint density at radius 1 is 0.818 bits per heavy atom. The first-order chi connectivity index (χ1) is 16.2. The van der Waals surface area contributed by atoms with Gasteiger partial charge in [-0.15, -0.1) is 0 Å². The number of nitrogens with zero attached hydrogens (tertiary/aromatic N) is 1. The number of aromatic hydroxyl groups is 1. The normalized spacial score (nSPS) is 11.3. The standard InChI is InChI=1S/C30H35NO2/c1-3-31(4-2)28-20-19-27(30(23-28)33-24-26-14-10-8-11-15-26)16-12-7-5-6-9-13-25-17-21-29(32)22-18-25/h8-23,32H,3-7,24H2,1-2H3/b13-9+,16-12+. The molecule has 0 amide bonds. The number of unbranched alkanes of at least 4 members (excludes halogenated alkanes) is 2. The zero-order valence-electron chi connectivity index (χ0n) is 19.8. The van der Waals surface area contributed by atoms with Crippen LogP contribution in [0.3, 0.4) is 0 Å². The number of phenolic OH excluding ortho intramolecular Hbond substituents is 1. The molecule has 0 atom stereocenters. The second-order valence-electron chi connectivity index (χ2n) is 8.00. The summed E-state index contributed by atoms with van der Waals surface area (Å²) in [4.78, 5) is 2.34. The SMILES string of the molecule is CCN(CC)c1ccc(/C=C/CCC/C=C/c2ccc(O)cc2)c(OCc2ccccc2)c1. The average molecular weight is 442 g/mol. The van der Waals surface area contributed by atoms with Crippen LogP contribution < -0.4 is 9.64 Å². The predicted molar refractivity (Wildman–Crippen MR) is 141 cm³/mol. The smallest absolute Gasteiger partial charge is 0.129 e. The van der Waals surface area contributed by atoms with Gasteiger partial charge in [0, 0.05) is 30.4 Å². The third kappa shape index (κ3) is 7.87. The molecule has 0 aliphatic carbocycles. The van der Waals surface area contributed by atoms with Crippen LogP contribution in [-0.2, 0) is 6.61 Å². The van der Waals surface area contributed by atoms with Crippen LogP contribution in [0.4, 0.5) is 5.69 Å². The molecule has 3 rings (SSSR count). The summed E-state index contributed by atoms with van der Waals surface area (Å²) in [5, 5.41) is 9.35. The zero-order chi connectivity index (χ0) is 23.3. The number of anilines is 1. The highest BCUT2D eigenvalue weighted by Crippen LogP contribution is 2.28. The first kappa shape index (κ1) is 24.2. The molecule has 3 aromatic carbocycles. The van der Waals surface area contributed by atoms with Crippen molar-refractivity contribution in [3.63, 3.8) is 0 Å². The van der Waals surface area contributed by atoms with E-state index in [0.717, 1.165) is 49.2 Å². The van der Waals surface area contributed by atoms with Crippen LogP contribution in [-0.4, -0.2) is 18.2 Å².